The molecule has 1 fully saturated rings. The Morgan fingerprint density at radius 2 is 2.08 bits per heavy atom. The number of hydrogen-bond donors (Lipinski definition) is 1. The molecule has 1 N–H and O–H groups in total. The minimum absolute atomic E-state index is 0.174. The van der Waals surface area contributed by atoms with Crippen molar-refractivity contribution < 1.29 is 13.7 Å². The summed E-state index contributed by atoms with van der Waals surface area (Å²) in [5.74, 6) is 0.407. The Labute approximate surface area is 146 Å². The lowest BCUT2D eigenvalue weighted by molar-refractivity contribution is 0.197. The maximum absolute atomic E-state index is 13.0. The lowest BCUT2D eigenvalue weighted by Crippen LogP contribution is -2.42. The van der Waals surface area contributed by atoms with Crippen molar-refractivity contribution >= 4 is 18.0 Å². The molecule has 6 heteroatoms. The van der Waals surface area contributed by atoms with Crippen molar-refractivity contribution in [1.82, 2.24) is 10.1 Å². The van der Waals surface area contributed by atoms with E-state index in [4.69, 9.17) is 4.52 Å². The SMILES string of the molecule is Cc1noc(NC(=O)N2CC/C(=C\c3ccc(F)cc3)C(C)C2)c1C. The molecule has 2 heterocycles. The fourth-order valence-corrected chi connectivity index (χ4v) is 2.93. The predicted octanol–water partition coefficient (Wildman–Crippen LogP) is 4.39. The summed E-state index contributed by atoms with van der Waals surface area (Å²) in [7, 11) is 0. The molecule has 25 heavy (non-hydrogen) atoms. The molecule has 3 rings (SSSR count). The van der Waals surface area contributed by atoms with Crippen molar-refractivity contribution in [2.75, 3.05) is 18.4 Å². The van der Waals surface area contributed by atoms with Gasteiger partial charge in [-0.1, -0.05) is 35.9 Å². The minimum atomic E-state index is -0.236. The number of aromatic nitrogens is 1. The maximum atomic E-state index is 13.0. The molecule has 2 amide bonds. The highest BCUT2D eigenvalue weighted by Gasteiger charge is 2.25. The lowest BCUT2D eigenvalue weighted by Gasteiger charge is -2.33. The largest absolute Gasteiger partial charge is 0.338 e. The van der Waals surface area contributed by atoms with E-state index in [0.29, 0.717) is 19.0 Å². The summed E-state index contributed by atoms with van der Waals surface area (Å²) >= 11 is 0. The van der Waals surface area contributed by atoms with Gasteiger partial charge in [0.1, 0.15) is 5.82 Å². The van der Waals surface area contributed by atoms with Gasteiger partial charge in [-0.25, -0.2) is 9.18 Å². The number of likely N-dealkylation sites (tertiary alicyclic amines) is 1. The van der Waals surface area contributed by atoms with Gasteiger partial charge >= 0.3 is 6.03 Å². The number of piperidine rings is 1. The first-order chi connectivity index (χ1) is 11.9. The summed E-state index contributed by atoms with van der Waals surface area (Å²) in [6, 6.07) is 6.28. The van der Waals surface area contributed by atoms with E-state index in [-0.39, 0.29) is 17.8 Å². The number of benzene rings is 1. The Hall–Kier alpha value is -2.63. The number of nitrogens with one attached hydrogen (secondary N) is 1. The highest BCUT2D eigenvalue weighted by Crippen LogP contribution is 2.26. The molecule has 5 nitrogen and oxygen atoms in total. The van der Waals surface area contributed by atoms with Gasteiger partial charge in [0.05, 0.1) is 5.69 Å². The van der Waals surface area contributed by atoms with E-state index in [1.165, 1.54) is 17.7 Å². The fraction of sp³-hybridized carbons (Fsp3) is 0.368. The Morgan fingerprint density at radius 3 is 2.68 bits per heavy atom. The van der Waals surface area contributed by atoms with E-state index >= 15 is 0 Å². The Kier molecular flexibility index (Phi) is 4.88. The highest BCUT2D eigenvalue weighted by atomic mass is 19.1. The summed E-state index contributed by atoms with van der Waals surface area (Å²) in [5.41, 5.74) is 3.86. The summed E-state index contributed by atoms with van der Waals surface area (Å²) in [5, 5.41) is 6.64. The van der Waals surface area contributed by atoms with E-state index in [1.54, 1.807) is 17.0 Å². The van der Waals surface area contributed by atoms with Crippen LogP contribution in [0.3, 0.4) is 0 Å². The van der Waals surface area contributed by atoms with Crippen LogP contribution in [0.4, 0.5) is 15.1 Å². The molecule has 0 spiro atoms. The second-order valence-electron chi connectivity index (χ2n) is 6.52. The average molecular weight is 343 g/mol. The zero-order valence-corrected chi connectivity index (χ0v) is 14.7. The van der Waals surface area contributed by atoms with Crippen molar-refractivity contribution in [3.05, 3.63) is 52.5 Å². The quantitative estimate of drug-likeness (QED) is 0.880. The second kappa shape index (κ2) is 7.09. The minimum Gasteiger partial charge on any atom is -0.338 e. The number of halogens is 1. The van der Waals surface area contributed by atoms with Gasteiger partial charge in [-0.05, 0) is 43.9 Å². The monoisotopic (exact) mass is 343 g/mol. The molecular weight excluding hydrogens is 321 g/mol. The number of urea groups is 1. The first-order valence-electron chi connectivity index (χ1n) is 8.39. The van der Waals surface area contributed by atoms with Crippen LogP contribution in [0, 0.1) is 25.6 Å². The van der Waals surface area contributed by atoms with Crippen LogP contribution in [0.1, 0.15) is 30.2 Å². The van der Waals surface area contributed by atoms with Crippen LogP contribution in [0.15, 0.2) is 34.4 Å². The zero-order valence-electron chi connectivity index (χ0n) is 14.7. The normalized spacial score (nSPS) is 19.3. The van der Waals surface area contributed by atoms with Gasteiger partial charge in [0.15, 0.2) is 0 Å². The zero-order chi connectivity index (χ0) is 18.0. The van der Waals surface area contributed by atoms with E-state index < -0.39 is 0 Å². The van der Waals surface area contributed by atoms with Gasteiger partial charge in [0, 0.05) is 18.7 Å². The van der Waals surface area contributed by atoms with Crippen LogP contribution in [0.2, 0.25) is 0 Å². The smallest absolute Gasteiger partial charge is 0.324 e. The number of rotatable bonds is 2. The summed E-state index contributed by atoms with van der Waals surface area (Å²) in [6.45, 7) is 7.06. The predicted molar refractivity (Wildman–Crippen MR) is 94.7 cm³/mol. The van der Waals surface area contributed by atoms with Crippen LogP contribution >= 0.6 is 0 Å². The highest BCUT2D eigenvalue weighted by molar-refractivity contribution is 5.88. The van der Waals surface area contributed by atoms with Crippen LogP contribution in [-0.4, -0.2) is 29.2 Å². The second-order valence-corrected chi connectivity index (χ2v) is 6.52. The molecule has 1 unspecified atom stereocenters. The van der Waals surface area contributed by atoms with Crippen molar-refractivity contribution in [1.29, 1.82) is 0 Å². The molecule has 1 aliphatic rings. The number of anilines is 1. The third-order valence-corrected chi connectivity index (χ3v) is 4.68. The van der Waals surface area contributed by atoms with Crippen molar-refractivity contribution in [2.45, 2.75) is 27.2 Å². The van der Waals surface area contributed by atoms with E-state index in [9.17, 15) is 9.18 Å². The lowest BCUT2D eigenvalue weighted by atomic mass is 9.91. The van der Waals surface area contributed by atoms with Gasteiger partial charge in [-0.2, -0.15) is 0 Å². The average Bonchev–Trinajstić information content (AvgIpc) is 2.90. The molecule has 132 valence electrons. The molecule has 0 bridgehead atoms. The molecule has 2 aromatic rings. The van der Waals surface area contributed by atoms with E-state index in [2.05, 4.69) is 23.5 Å². The maximum Gasteiger partial charge on any atom is 0.324 e. The Bertz CT molecular complexity index is 796. The standard InChI is InChI=1S/C19H22FN3O2/c1-12-11-23(19(24)21-18-13(2)14(3)22-25-18)9-8-16(12)10-15-4-6-17(20)7-5-15/h4-7,10,12H,8-9,11H2,1-3H3,(H,21,24)/b16-10+. The molecule has 1 aromatic heterocycles. The summed E-state index contributed by atoms with van der Waals surface area (Å²) in [4.78, 5) is 14.2. The topological polar surface area (TPSA) is 58.4 Å². The Morgan fingerprint density at radius 1 is 1.36 bits per heavy atom. The van der Waals surface area contributed by atoms with Crippen LogP contribution in [0.25, 0.3) is 6.08 Å². The summed E-state index contributed by atoms with van der Waals surface area (Å²) in [6.07, 6.45) is 2.88. The molecular formula is C19H22FN3O2. The van der Waals surface area contributed by atoms with Gasteiger partial charge in [0.2, 0.25) is 5.88 Å². The van der Waals surface area contributed by atoms with Gasteiger partial charge in [0.25, 0.3) is 0 Å². The van der Waals surface area contributed by atoms with Gasteiger partial charge in [-0.3, -0.25) is 5.32 Å². The molecule has 1 saturated heterocycles. The molecule has 0 aliphatic carbocycles. The van der Waals surface area contributed by atoms with Crippen molar-refractivity contribution in [2.24, 2.45) is 5.92 Å². The van der Waals surface area contributed by atoms with Crippen molar-refractivity contribution in [3.63, 3.8) is 0 Å². The number of nitrogens with zero attached hydrogens (tertiary/aromatic N) is 2. The van der Waals surface area contributed by atoms with Crippen LogP contribution in [0.5, 0.6) is 0 Å². The molecule has 1 atom stereocenters. The van der Waals surface area contributed by atoms with E-state index in [1.807, 2.05) is 13.8 Å². The molecule has 1 aliphatic heterocycles. The molecule has 0 saturated carbocycles. The van der Waals surface area contributed by atoms with Crippen molar-refractivity contribution in [3.8, 4) is 0 Å². The number of hydrogen-bond acceptors (Lipinski definition) is 3. The van der Waals surface area contributed by atoms with E-state index in [0.717, 1.165) is 23.2 Å². The Balaban J connectivity index is 1.64. The number of aryl methyl sites for hydroxylation is 1. The third-order valence-electron chi connectivity index (χ3n) is 4.68. The van der Waals surface area contributed by atoms with Gasteiger partial charge < -0.3 is 9.42 Å². The third kappa shape index (κ3) is 3.90. The van der Waals surface area contributed by atoms with Crippen LogP contribution < -0.4 is 5.32 Å². The first kappa shape index (κ1) is 17.2. The molecule has 0 radical (unpaired) electrons. The first-order valence-corrected chi connectivity index (χ1v) is 8.39. The summed E-state index contributed by atoms with van der Waals surface area (Å²) < 4.78 is 18.1. The fourth-order valence-electron chi connectivity index (χ4n) is 2.93. The number of carbonyl (C=O) groups is 1. The molecule has 1 aromatic carbocycles. The van der Waals surface area contributed by atoms with Crippen LogP contribution in [-0.2, 0) is 0 Å². The number of amides is 2. The number of carbonyl (C=O) groups excluding carboxylic acids is 1. The van der Waals surface area contributed by atoms with Gasteiger partial charge in [-0.15, -0.1) is 0 Å².